The Hall–Kier alpha value is -1.44. The third kappa shape index (κ3) is 2.63. The molecule has 0 amide bonds. The Morgan fingerprint density at radius 3 is 2.94 bits per heavy atom. The number of carbonyl (C=O) groups excluding carboxylic acids is 1. The van der Waals surface area contributed by atoms with Crippen LogP contribution >= 0.6 is 22.6 Å². The molecular formula is C11H9IN2O3. The van der Waals surface area contributed by atoms with Crippen molar-refractivity contribution in [3.05, 3.63) is 33.7 Å². The molecule has 0 saturated heterocycles. The monoisotopic (exact) mass is 344 g/mol. The van der Waals surface area contributed by atoms with Crippen molar-refractivity contribution in [3.63, 3.8) is 0 Å². The van der Waals surface area contributed by atoms with Gasteiger partial charge < -0.3 is 9.26 Å². The van der Waals surface area contributed by atoms with Crippen LogP contribution in [0.2, 0.25) is 0 Å². The third-order valence-corrected chi connectivity index (χ3v) is 2.93. The molecule has 0 aliphatic rings. The van der Waals surface area contributed by atoms with Gasteiger partial charge in [0, 0.05) is 9.13 Å². The minimum absolute atomic E-state index is 0.124. The Bertz CT molecular complexity index is 539. The van der Waals surface area contributed by atoms with Crippen LogP contribution in [0, 0.1) is 3.57 Å². The molecule has 2 rings (SSSR count). The zero-order valence-electron chi connectivity index (χ0n) is 9.01. The smallest absolute Gasteiger partial charge is 0.397 e. The van der Waals surface area contributed by atoms with Crippen LogP contribution in [0.25, 0.3) is 11.4 Å². The van der Waals surface area contributed by atoms with E-state index in [1.165, 1.54) is 0 Å². The molecule has 17 heavy (non-hydrogen) atoms. The molecule has 6 heteroatoms. The summed E-state index contributed by atoms with van der Waals surface area (Å²) in [6.45, 7) is 1.99. The van der Waals surface area contributed by atoms with E-state index in [1.807, 2.05) is 24.3 Å². The Morgan fingerprint density at radius 1 is 1.47 bits per heavy atom. The number of carbonyl (C=O) groups is 1. The maximum atomic E-state index is 11.4. The molecule has 0 fully saturated rings. The van der Waals surface area contributed by atoms with Gasteiger partial charge in [-0.05, 0) is 41.6 Å². The number of esters is 1. The van der Waals surface area contributed by atoms with Crippen molar-refractivity contribution in [1.82, 2.24) is 10.1 Å². The fraction of sp³-hybridized carbons (Fsp3) is 0.182. The predicted octanol–water partition coefficient (Wildman–Crippen LogP) is 2.52. The van der Waals surface area contributed by atoms with Crippen LogP contribution in [-0.2, 0) is 4.74 Å². The van der Waals surface area contributed by atoms with Crippen LogP contribution in [0.5, 0.6) is 0 Å². The van der Waals surface area contributed by atoms with E-state index in [1.54, 1.807) is 6.92 Å². The first-order valence-electron chi connectivity index (χ1n) is 4.98. The van der Waals surface area contributed by atoms with E-state index in [0.717, 1.165) is 9.13 Å². The first-order chi connectivity index (χ1) is 8.22. The molecule has 0 spiro atoms. The molecule has 1 aromatic carbocycles. The SMILES string of the molecule is CCOC(=O)c1nc(-c2ccccc2I)no1. The molecule has 1 heterocycles. The summed E-state index contributed by atoms with van der Waals surface area (Å²) in [7, 11) is 0. The highest BCUT2D eigenvalue weighted by Crippen LogP contribution is 2.22. The summed E-state index contributed by atoms with van der Waals surface area (Å²) >= 11 is 2.17. The lowest BCUT2D eigenvalue weighted by atomic mass is 10.2. The number of halogens is 1. The zero-order valence-corrected chi connectivity index (χ0v) is 11.2. The molecule has 0 unspecified atom stereocenters. The molecule has 1 aromatic heterocycles. The summed E-state index contributed by atoms with van der Waals surface area (Å²) in [6, 6.07) is 7.58. The van der Waals surface area contributed by atoms with E-state index in [9.17, 15) is 4.79 Å². The number of aromatic nitrogens is 2. The first-order valence-corrected chi connectivity index (χ1v) is 6.06. The number of ether oxygens (including phenoxy) is 1. The van der Waals surface area contributed by atoms with E-state index in [0.29, 0.717) is 5.82 Å². The molecule has 2 aromatic rings. The molecule has 0 N–H and O–H groups in total. The number of hydrogen-bond acceptors (Lipinski definition) is 5. The molecule has 0 saturated carbocycles. The summed E-state index contributed by atoms with van der Waals surface area (Å²) < 4.78 is 10.6. The van der Waals surface area contributed by atoms with Gasteiger partial charge in [-0.25, -0.2) is 4.79 Å². The topological polar surface area (TPSA) is 65.2 Å². The summed E-state index contributed by atoms with van der Waals surface area (Å²) in [6.07, 6.45) is 0. The van der Waals surface area contributed by atoms with Gasteiger partial charge in [-0.2, -0.15) is 4.98 Å². The zero-order chi connectivity index (χ0) is 12.3. The van der Waals surface area contributed by atoms with Crippen LogP contribution in [-0.4, -0.2) is 22.7 Å². The van der Waals surface area contributed by atoms with Crippen molar-refractivity contribution in [2.24, 2.45) is 0 Å². The van der Waals surface area contributed by atoms with E-state index in [2.05, 4.69) is 32.7 Å². The maximum Gasteiger partial charge on any atom is 0.397 e. The van der Waals surface area contributed by atoms with Crippen molar-refractivity contribution >= 4 is 28.6 Å². The fourth-order valence-corrected chi connectivity index (χ4v) is 1.88. The van der Waals surface area contributed by atoms with Crippen LogP contribution < -0.4 is 0 Å². The second-order valence-electron chi connectivity index (χ2n) is 3.12. The number of rotatable bonds is 3. The van der Waals surface area contributed by atoms with Crippen LogP contribution in [0.3, 0.4) is 0 Å². The minimum atomic E-state index is -0.600. The fourth-order valence-electron chi connectivity index (χ4n) is 1.25. The van der Waals surface area contributed by atoms with E-state index < -0.39 is 5.97 Å². The van der Waals surface area contributed by atoms with Gasteiger partial charge in [-0.15, -0.1) is 0 Å². The predicted molar refractivity (Wildman–Crippen MR) is 68.4 cm³/mol. The Labute approximate surface area is 111 Å². The minimum Gasteiger partial charge on any atom is -0.459 e. The van der Waals surface area contributed by atoms with Crippen LogP contribution in [0.1, 0.15) is 17.6 Å². The van der Waals surface area contributed by atoms with Gasteiger partial charge in [-0.3, -0.25) is 0 Å². The van der Waals surface area contributed by atoms with Crippen molar-refractivity contribution in [2.75, 3.05) is 6.61 Å². The van der Waals surface area contributed by atoms with Gasteiger partial charge in [0.05, 0.1) is 6.61 Å². The van der Waals surface area contributed by atoms with E-state index in [-0.39, 0.29) is 12.5 Å². The van der Waals surface area contributed by atoms with Crippen molar-refractivity contribution in [1.29, 1.82) is 0 Å². The summed E-state index contributed by atoms with van der Waals surface area (Å²) in [5, 5.41) is 3.76. The molecule has 5 nitrogen and oxygen atoms in total. The second kappa shape index (κ2) is 5.26. The number of nitrogens with zero attached hydrogens (tertiary/aromatic N) is 2. The van der Waals surface area contributed by atoms with Gasteiger partial charge in [-0.1, -0.05) is 17.3 Å². The normalized spacial score (nSPS) is 10.2. The molecule has 0 aliphatic carbocycles. The molecule has 88 valence electrons. The van der Waals surface area contributed by atoms with E-state index >= 15 is 0 Å². The van der Waals surface area contributed by atoms with Crippen LogP contribution in [0.4, 0.5) is 0 Å². The number of benzene rings is 1. The van der Waals surface area contributed by atoms with Gasteiger partial charge in [0.25, 0.3) is 0 Å². The highest BCUT2D eigenvalue weighted by Gasteiger charge is 2.17. The Balaban J connectivity index is 2.30. The lowest BCUT2D eigenvalue weighted by Gasteiger charge is -1.96. The Morgan fingerprint density at radius 2 is 2.24 bits per heavy atom. The maximum absolute atomic E-state index is 11.4. The van der Waals surface area contributed by atoms with Crippen LogP contribution in [0.15, 0.2) is 28.8 Å². The largest absolute Gasteiger partial charge is 0.459 e. The standard InChI is InChI=1S/C11H9IN2O3/c1-2-16-11(15)10-13-9(14-17-10)7-5-3-4-6-8(7)12/h3-6H,2H2,1H3. The lowest BCUT2D eigenvalue weighted by Crippen LogP contribution is -2.04. The molecule has 0 bridgehead atoms. The molecular weight excluding hydrogens is 335 g/mol. The van der Waals surface area contributed by atoms with Crippen molar-refractivity contribution in [2.45, 2.75) is 6.92 Å². The lowest BCUT2D eigenvalue weighted by molar-refractivity contribution is 0.0470. The van der Waals surface area contributed by atoms with Gasteiger partial charge in [0.1, 0.15) is 0 Å². The van der Waals surface area contributed by atoms with E-state index in [4.69, 9.17) is 9.26 Å². The van der Waals surface area contributed by atoms with Gasteiger partial charge in [0.15, 0.2) is 0 Å². The molecule has 0 radical (unpaired) electrons. The third-order valence-electron chi connectivity index (χ3n) is 1.99. The second-order valence-corrected chi connectivity index (χ2v) is 4.29. The molecule has 0 atom stereocenters. The van der Waals surface area contributed by atoms with Crippen molar-refractivity contribution < 1.29 is 14.1 Å². The summed E-state index contributed by atoms with van der Waals surface area (Å²) in [4.78, 5) is 15.4. The van der Waals surface area contributed by atoms with Gasteiger partial charge >= 0.3 is 11.9 Å². The highest BCUT2D eigenvalue weighted by atomic mass is 127. The average Bonchev–Trinajstić information content (AvgIpc) is 2.79. The number of hydrogen-bond donors (Lipinski definition) is 0. The average molecular weight is 344 g/mol. The Kier molecular flexibility index (Phi) is 3.72. The quantitative estimate of drug-likeness (QED) is 0.632. The first kappa shape index (κ1) is 12.0. The summed E-state index contributed by atoms with van der Waals surface area (Å²) in [5.41, 5.74) is 0.826. The highest BCUT2D eigenvalue weighted by molar-refractivity contribution is 14.1. The summed E-state index contributed by atoms with van der Waals surface area (Å²) in [5.74, 6) is -0.336. The van der Waals surface area contributed by atoms with Crippen molar-refractivity contribution in [3.8, 4) is 11.4 Å². The van der Waals surface area contributed by atoms with Gasteiger partial charge in [0.2, 0.25) is 5.82 Å². The molecule has 0 aliphatic heterocycles.